The van der Waals surface area contributed by atoms with Crippen molar-refractivity contribution in [2.75, 3.05) is 0 Å². The molecule has 25 heavy (non-hydrogen) atoms. The average Bonchev–Trinajstić information content (AvgIpc) is 2.62. The Morgan fingerprint density at radius 1 is 0.760 bits per heavy atom. The van der Waals surface area contributed by atoms with E-state index in [-0.39, 0.29) is 0 Å². The third-order valence-electron chi connectivity index (χ3n) is 4.42. The van der Waals surface area contributed by atoms with Crippen molar-refractivity contribution >= 4 is 43.6 Å². The van der Waals surface area contributed by atoms with Gasteiger partial charge in [-0.1, -0.05) is 70.5 Å². The maximum atomic E-state index is 10.3. The summed E-state index contributed by atoms with van der Waals surface area (Å²) in [7, 11) is 0. The molecule has 1 nitrogen and oxygen atoms in total. The maximum Gasteiger partial charge on any atom is 0.119 e. The van der Waals surface area contributed by atoms with Gasteiger partial charge in [0.25, 0.3) is 0 Å². The van der Waals surface area contributed by atoms with Gasteiger partial charge in [0.2, 0.25) is 0 Å². The van der Waals surface area contributed by atoms with Crippen molar-refractivity contribution in [3.63, 3.8) is 0 Å². The number of halogens is 1. The van der Waals surface area contributed by atoms with Gasteiger partial charge in [0, 0.05) is 4.47 Å². The van der Waals surface area contributed by atoms with E-state index in [0.717, 1.165) is 20.8 Å². The predicted molar refractivity (Wildman–Crippen MR) is 110 cm³/mol. The zero-order valence-corrected chi connectivity index (χ0v) is 15.2. The van der Waals surface area contributed by atoms with E-state index in [1.54, 1.807) is 0 Å². The van der Waals surface area contributed by atoms with Gasteiger partial charge in [-0.15, -0.1) is 0 Å². The third-order valence-corrected chi connectivity index (χ3v) is 4.91. The minimum atomic E-state index is 0.345. The Hall–Kier alpha value is -2.58. The number of hydrogen-bond acceptors (Lipinski definition) is 1. The summed E-state index contributed by atoms with van der Waals surface area (Å²) in [6, 6.07) is 24.8. The molecule has 0 heterocycles. The first-order valence-corrected chi connectivity index (χ1v) is 9.05. The molecule has 0 unspecified atom stereocenters. The Morgan fingerprint density at radius 3 is 2.40 bits per heavy atom. The fraction of sp³-hybridized carbons (Fsp3) is 0.0435. The van der Waals surface area contributed by atoms with Crippen molar-refractivity contribution in [2.24, 2.45) is 0 Å². The number of fused-ring (bicyclic) bond motifs is 2. The highest BCUT2D eigenvalue weighted by Crippen LogP contribution is 2.28. The van der Waals surface area contributed by atoms with Crippen LogP contribution in [0.3, 0.4) is 0 Å². The lowest BCUT2D eigenvalue weighted by Crippen LogP contribution is -1.84. The minimum Gasteiger partial charge on any atom is -0.508 e. The van der Waals surface area contributed by atoms with Crippen LogP contribution in [0.25, 0.3) is 27.6 Å². The van der Waals surface area contributed by atoms with Crippen LogP contribution < -0.4 is 0 Å². The van der Waals surface area contributed by atoms with Gasteiger partial charge >= 0.3 is 0 Å². The lowest BCUT2D eigenvalue weighted by atomic mass is 10.0. The lowest BCUT2D eigenvalue weighted by Gasteiger charge is -2.06. The number of rotatable bonds is 3. The van der Waals surface area contributed by atoms with E-state index in [9.17, 15) is 5.11 Å². The zero-order chi connectivity index (χ0) is 17.2. The van der Waals surface area contributed by atoms with E-state index in [2.05, 4.69) is 82.7 Å². The molecular weight excluding hydrogens is 372 g/mol. The molecule has 0 aromatic heterocycles. The summed E-state index contributed by atoms with van der Waals surface area (Å²) in [6.45, 7) is 0. The summed E-state index contributed by atoms with van der Waals surface area (Å²) in [4.78, 5) is 0. The third kappa shape index (κ3) is 3.45. The van der Waals surface area contributed by atoms with Crippen LogP contribution in [-0.2, 0) is 6.42 Å². The first kappa shape index (κ1) is 15.9. The smallest absolute Gasteiger partial charge is 0.119 e. The highest BCUT2D eigenvalue weighted by molar-refractivity contribution is 9.10. The van der Waals surface area contributed by atoms with Crippen molar-refractivity contribution in [2.45, 2.75) is 6.42 Å². The van der Waals surface area contributed by atoms with Gasteiger partial charge in [0.05, 0.1) is 0 Å². The molecular formula is C23H17BrO. The van der Waals surface area contributed by atoms with Crippen LogP contribution in [-0.4, -0.2) is 5.11 Å². The molecule has 4 rings (SSSR count). The SMILES string of the molecule is Oc1cc2ccc(Br)cc2cc1C/C=C/c1ccc2ccccc2c1. The Kier molecular flexibility index (Phi) is 4.29. The van der Waals surface area contributed by atoms with Crippen LogP contribution in [0.2, 0.25) is 0 Å². The molecule has 2 heteroatoms. The second-order valence-corrected chi connectivity index (χ2v) is 7.10. The van der Waals surface area contributed by atoms with Gasteiger partial charge in [-0.25, -0.2) is 0 Å². The van der Waals surface area contributed by atoms with Crippen molar-refractivity contribution in [3.8, 4) is 5.75 Å². The summed E-state index contributed by atoms with van der Waals surface area (Å²) in [5.74, 6) is 0.345. The molecule has 0 saturated carbocycles. The summed E-state index contributed by atoms with van der Waals surface area (Å²) in [6.07, 6.45) is 4.90. The van der Waals surface area contributed by atoms with Crippen LogP contribution in [0.4, 0.5) is 0 Å². The molecule has 1 N–H and O–H groups in total. The summed E-state index contributed by atoms with van der Waals surface area (Å²) >= 11 is 3.50. The summed E-state index contributed by atoms with van der Waals surface area (Å²) < 4.78 is 1.04. The highest BCUT2D eigenvalue weighted by Gasteiger charge is 2.03. The van der Waals surface area contributed by atoms with Gasteiger partial charge in [0.1, 0.15) is 5.75 Å². The van der Waals surface area contributed by atoms with E-state index in [0.29, 0.717) is 12.2 Å². The molecule has 0 spiro atoms. The van der Waals surface area contributed by atoms with Crippen LogP contribution >= 0.6 is 15.9 Å². The maximum absolute atomic E-state index is 10.3. The summed E-state index contributed by atoms with van der Waals surface area (Å²) in [5, 5.41) is 14.9. The number of hydrogen-bond donors (Lipinski definition) is 1. The Labute approximate surface area is 155 Å². The second kappa shape index (κ2) is 6.73. The summed E-state index contributed by atoms with van der Waals surface area (Å²) in [5.41, 5.74) is 2.10. The fourth-order valence-electron chi connectivity index (χ4n) is 3.10. The van der Waals surface area contributed by atoms with E-state index >= 15 is 0 Å². The molecule has 4 aromatic rings. The molecule has 0 atom stereocenters. The molecule has 0 saturated heterocycles. The largest absolute Gasteiger partial charge is 0.508 e. The van der Waals surface area contributed by atoms with Crippen molar-refractivity contribution in [1.29, 1.82) is 0 Å². The van der Waals surface area contributed by atoms with E-state index < -0.39 is 0 Å². The number of aromatic hydroxyl groups is 1. The minimum absolute atomic E-state index is 0.345. The van der Waals surface area contributed by atoms with E-state index in [4.69, 9.17) is 0 Å². The van der Waals surface area contributed by atoms with Gasteiger partial charge in [-0.2, -0.15) is 0 Å². The van der Waals surface area contributed by atoms with Crippen molar-refractivity contribution in [3.05, 3.63) is 94.5 Å². The van der Waals surface area contributed by atoms with Crippen LogP contribution in [0.1, 0.15) is 11.1 Å². The molecule has 0 fully saturated rings. The Morgan fingerprint density at radius 2 is 1.52 bits per heavy atom. The first-order valence-electron chi connectivity index (χ1n) is 8.25. The number of phenolic OH excluding ortho intramolecular Hbond substituents is 1. The molecule has 0 aliphatic rings. The standard InChI is InChI=1S/C23H17BrO/c24-22-11-10-19-15-23(25)20(13-21(19)14-22)7-3-4-16-8-9-17-5-1-2-6-18(17)12-16/h1-6,8-15,25H,7H2/b4-3+. The molecule has 0 bridgehead atoms. The topological polar surface area (TPSA) is 20.2 Å². The van der Waals surface area contributed by atoms with Crippen molar-refractivity contribution < 1.29 is 5.11 Å². The monoisotopic (exact) mass is 388 g/mol. The molecule has 4 aromatic carbocycles. The molecule has 0 amide bonds. The number of benzene rings is 4. The van der Waals surface area contributed by atoms with Crippen LogP contribution in [0, 0.1) is 0 Å². The van der Waals surface area contributed by atoms with Crippen LogP contribution in [0.15, 0.2) is 83.3 Å². The zero-order valence-electron chi connectivity index (χ0n) is 13.6. The predicted octanol–water partition coefficient (Wildman–Crippen LogP) is 6.72. The molecule has 0 aliphatic heterocycles. The van der Waals surface area contributed by atoms with Gasteiger partial charge in [-0.3, -0.25) is 0 Å². The van der Waals surface area contributed by atoms with E-state index in [1.165, 1.54) is 16.3 Å². The van der Waals surface area contributed by atoms with E-state index in [1.807, 2.05) is 18.2 Å². The first-order chi connectivity index (χ1) is 12.2. The number of allylic oxidation sites excluding steroid dienone is 1. The second-order valence-electron chi connectivity index (χ2n) is 6.19. The Bertz CT molecular complexity index is 1100. The normalized spacial score (nSPS) is 11.6. The van der Waals surface area contributed by atoms with Gasteiger partial charge < -0.3 is 5.11 Å². The van der Waals surface area contributed by atoms with Gasteiger partial charge in [0.15, 0.2) is 0 Å². The van der Waals surface area contributed by atoms with Crippen LogP contribution in [0.5, 0.6) is 5.75 Å². The molecule has 0 radical (unpaired) electrons. The number of phenols is 1. The Balaban J connectivity index is 1.60. The highest BCUT2D eigenvalue weighted by atomic mass is 79.9. The fourth-order valence-corrected chi connectivity index (χ4v) is 3.48. The lowest BCUT2D eigenvalue weighted by molar-refractivity contribution is 0.470. The van der Waals surface area contributed by atoms with Crippen molar-refractivity contribution in [1.82, 2.24) is 0 Å². The molecule has 0 aliphatic carbocycles. The molecule has 122 valence electrons. The average molecular weight is 389 g/mol. The van der Waals surface area contributed by atoms with Gasteiger partial charge in [-0.05, 0) is 69.4 Å². The quantitative estimate of drug-likeness (QED) is 0.413.